The number of anilines is 1. The number of thiophene rings is 1. The molecule has 0 bridgehead atoms. The Morgan fingerprint density at radius 3 is 2.33 bits per heavy atom. The summed E-state index contributed by atoms with van der Waals surface area (Å²) >= 11 is 1.57. The van der Waals surface area contributed by atoms with Gasteiger partial charge in [0.25, 0.3) is 0 Å². The molecule has 4 nitrogen and oxygen atoms in total. The molecule has 0 radical (unpaired) electrons. The summed E-state index contributed by atoms with van der Waals surface area (Å²) in [6.45, 7) is 7.70. The van der Waals surface area contributed by atoms with Crippen LogP contribution < -0.4 is 10.5 Å². The zero-order chi connectivity index (χ0) is 15.8. The number of rotatable bonds is 4. The van der Waals surface area contributed by atoms with E-state index in [0.29, 0.717) is 28.3 Å². The fourth-order valence-corrected chi connectivity index (χ4v) is 4.75. The highest BCUT2D eigenvalue weighted by Crippen LogP contribution is 2.28. The molecule has 0 aliphatic carbocycles. The van der Waals surface area contributed by atoms with Gasteiger partial charge in [0.15, 0.2) is 0 Å². The number of hydrogen-bond donors (Lipinski definition) is 2. The zero-order valence-electron chi connectivity index (χ0n) is 12.6. The predicted molar refractivity (Wildman–Crippen MR) is 88.1 cm³/mol. The Morgan fingerprint density at radius 1 is 1.10 bits per heavy atom. The van der Waals surface area contributed by atoms with Gasteiger partial charge in [-0.25, -0.2) is 13.1 Å². The minimum Gasteiger partial charge on any atom is -0.398 e. The number of nitrogens with two attached hydrogens (primary N) is 1. The summed E-state index contributed by atoms with van der Waals surface area (Å²) in [5.41, 5.74) is 10.8. The van der Waals surface area contributed by atoms with Crippen LogP contribution in [0.25, 0.3) is 0 Å². The predicted octanol–water partition coefficient (Wildman–Crippen LogP) is 3.04. The van der Waals surface area contributed by atoms with Crippen LogP contribution in [-0.2, 0) is 16.6 Å². The van der Waals surface area contributed by atoms with Crippen LogP contribution in [0, 0.1) is 27.7 Å². The molecule has 1 aromatic heterocycles. The van der Waals surface area contributed by atoms with Gasteiger partial charge in [0, 0.05) is 12.2 Å². The minimum atomic E-state index is -3.58. The van der Waals surface area contributed by atoms with Crippen LogP contribution in [0.3, 0.4) is 0 Å². The molecule has 1 aromatic carbocycles. The van der Waals surface area contributed by atoms with Gasteiger partial charge < -0.3 is 5.73 Å². The Labute approximate surface area is 130 Å². The molecule has 0 aliphatic heterocycles. The van der Waals surface area contributed by atoms with E-state index in [-0.39, 0.29) is 0 Å². The molecule has 0 saturated carbocycles. The normalized spacial score (nSPS) is 11.8. The molecular weight excluding hydrogens is 304 g/mol. The Morgan fingerprint density at radius 2 is 1.76 bits per heavy atom. The van der Waals surface area contributed by atoms with Crippen LogP contribution in [-0.4, -0.2) is 8.42 Å². The topological polar surface area (TPSA) is 72.2 Å². The maximum atomic E-state index is 12.6. The van der Waals surface area contributed by atoms with Gasteiger partial charge in [0.1, 0.15) is 0 Å². The fraction of sp³-hybridized carbons (Fsp3) is 0.333. The lowest BCUT2D eigenvalue weighted by Crippen LogP contribution is -2.25. The number of aryl methyl sites for hydroxylation is 3. The van der Waals surface area contributed by atoms with Gasteiger partial charge in [-0.15, -0.1) is 0 Å². The zero-order valence-corrected chi connectivity index (χ0v) is 14.3. The van der Waals surface area contributed by atoms with E-state index in [0.717, 1.165) is 16.7 Å². The van der Waals surface area contributed by atoms with Gasteiger partial charge in [-0.05, 0) is 66.3 Å². The quantitative estimate of drug-likeness (QED) is 0.849. The first-order valence-corrected chi connectivity index (χ1v) is 9.04. The number of nitrogen functional groups attached to an aromatic ring is 1. The first-order valence-electron chi connectivity index (χ1n) is 6.61. The summed E-state index contributed by atoms with van der Waals surface area (Å²) < 4.78 is 27.8. The maximum Gasteiger partial charge on any atom is 0.241 e. The standard InChI is InChI=1S/C15H20N2O2S2/c1-9-5-10(2)15(12(4)14(9)16)21(18,19)17-6-13-8-20-7-11(13)3/h5,7-8,17H,6,16H2,1-4H3. The van der Waals surface area contributed by atoms with Crippen LogP contribution in [0.4, 0.5) is 5.69 Å². The lowest BCUT2D eigenvalue weighted by molar-refractivity contribution is 0.580. The molecule has 0 spiro atoms. The van der Waals surface area contributed by atoms with Crippen molar-refractivity contribution >= 4 is 27.0 Å². The number of sulfonamides is 1. The highest BCUT2D eigenvalue weighted by atomic mass is 32.2. The maximum absolute atomic E-state index is 12.6. The fourth-order valence-electron chi connectivity index (χ4n) is 2.41. The van der Waals surface area contributed by atoms with Crippen molar-refractivity contribution in [3.05, 3.63) is 44.6 Å². The third kappa shape index (κ3) is 3.12. The summed E-state index contributed by atoms with van der Waals surface area (Å²) in [6, 6.07) is 1.81. The molecule has 6 heteroatoms. The van der Waals surface area contributed by atoms with E-state index in [1.165, 1.54) is 0 Å². The van der Waals surface area contributed by atoms with Crippen LogP contribution in [0.1, 0.15) is 27.8 Å². The molecule has 114 valence electrons. The average molecular weight is 324 g/mol. The van der Waals surface area contributed by atoms with Gasteiger partial charge in [-0.3, -0.25) is 0 Å². The first-order chi connectivity index (χ1) is 9.74. The first kappa shape index (κ1) is 16.0. The molecule has 0 fully saturated rings. The van der Waals surface area contributed by atoms with Crippen LogP contribution >= 0.6 is 11.3 Å². The monoisotopic (exact) mass is 324 g/mol. The van der Waals surface area contributed by atoms with Crippen molar-refractivity contribution in [3.8, 4) is 0 Å². The van der Waals surface area contributed by atoms with Gasteiger partial charge in [0.2, 0.25) is 10.0 Å². The lowest BCUT2D eigenvalue weighted by atomic mass is 10.1. The second kappa shape index (κ2) is 5.79. The second-order valence-corrected chi connectivity index (χ2v) is 7.73. The van der Waals surface area contributed by atoms with E-state index >= 15 is 0 Å². The van der Waals surface area contributed by atoms with Gasteiger partial charge in [-0.1, -0.05) is 6.07 Å². The summed E-state index contributed by atoms with van der Waals surface area (Å²) in [7, 11) is -3.58. The van der Waals surface area contributed by atoms with Crippen molar-refractivity contribution in [2.45, 2.75) is 39.1 Å². The van der Waals surface area contributed by atoms with Crippen molar-refractivity contribution in [3.63, 3.8) is 0 Å². The Bertz CT molecular complexity index is 777. The molecule has 21 heavy (non-hydrogen) atoms. The Kier molecular flexibility index (Phi) is 4.41. The molecule has 0 amide bonds. The van der Waals surface area contributed by atoms with E-state index < -0.39 is 10.0 Å². The third-order valence-electron chi connectivity index (χ3n) is 3.64. The van der Waals surface area contributed by atoms with Crippen molar-refractivity contribution in [1.29, 1.82) is 0 Å². The smallest absolute Gasteiger partial charge is 0.241 e. The van der Waals surface area contributed by atoms with Crippen molar-refractivity contribution in [2.75, 3.05) is 5.73 Å². The summed E-state index contributed by atoms with van der Waals surface area (Å²) in [6.07, 6.45) is 0. The van der Waals surface area contributed by atoms with Crippen LogP contribution in [0.15, 0.2) is 21.7 Å². The van der Waals surface area contributed by atoms with E-state index in [2.05, 4.69) is 4.72 Å². The highest BCUT2D eigenvalue weighted by molar-refractivity contribution is 7.89. The molecule has 0 atom stereocenters. The molecule has 3 N–H and O–H groups in total. The lowest BCUT2D eigenvalue weighted by Gasteiger charge is -2.15. The highest BCUT2D eigenvalue weighted by Gasteiger charge is 2.22. The van der Waals surface area contributed by atoms with Crippen LogP contribution in [0.5, 0.6) is 0 Å². The Hall–Kier alpha value is -1.37. The summed E-state index contributed by atoms with van der Waals surface area (Å²) in [5, 5.41) is 3.96. The van der Waals surface area contributed by atoms with Gasteiger partial charge in [-0.2, -0.15) is 11.3 Å². The minimum absolute atomic E-state index is 0.290. The molecule has 2 aromatic rings. The number of hydrogen-bond acceptors (Lipinski definition) is 4. The molecular formula is C15H20N2O2S2. The summed E-state index contributed by atoms with van der Waals surface area (Å²) in [5.74, 6) is 0. The molecule has 0 unspecified atom stereocenters. The average Bonchev–Trinajstić information content (AvgIpc) is 2.79. The van der Waals surface area contributed by atoms with E-state index in [1.807, 2.05) is 30.7 Å². The van der Waals surface area contributed by atoms with Crippen LogP contribution in [0.2, 0.25) is 0 Å². The Balaban J connectivity index is 2.37. The molecule has 2 rings (SSSR count). The van der Waals surface area contributed by atoms with Gasteiger partial charge in [0.05, 0.1) is 4.90 Å². The van der Waals surface area contributed by atoms with E-state index in [4.69, 9.17) is 5.73 Å². The molecule has 1 heterocycles. The van der Waals surface area contributed by atoms with Crippen molar-refractivity contribution in [2.24, 2.45) is 0 Å². The molecule has 0 aliphatic rings. The molecule has 0 saturated heterocycles. The SMILES string of the molecule is Cc1cscc1CNS(=O)(=O)c1c(C)cc(C)c(N)c1C. The van der Waals surface area contributed by atoms with Crippen molar-refractivity contribution in [1.82, 2.24) is 4.72 Å². The number of nitrogens with one attached hydrogen (secondary N) is 1. The number of benzene rings is 1. The van der Waals surface area contributed by atoms with E-state index in [9.17, 15) is 8.42 Å². The largest absolute Gasteiger partial charge is 0.398 e. The van der Waals surface area contributed by atoms with Crippen molar-refractivity contribution < 1.29 is 8.42 Å². The summed E-state index contributed by atoms with van der Waals surface area (Å²) in [4.78, 5) is 0.290. The third-order valence-corrected chi connectivity index (χ3v) is 6.24. The van der Waals surface area contributed by atoms with Gasteiger partial charge >= 0.3 is 0 Å². The van der Waals surface area contributed by atoms with E-state index in [1.54, 1.807) is 25.2 Å². The second-order valence-electron chi connectivity index (χ2n) is 5.28.